The van der Waals surface area contributed by atoms with E-state index in [0.717, 1.165) is 38.2 Å². The number of hydrogen-bond donors (Lipinski definition) is 1. The number of piperidine rings is 1. The molecule has 0 unspecified atom stereocenters. The highest BCUT2D eigenvalue weighted by Crippen LogP contribution is 2.16. The zero-order chi connectivity index (χ0) is 15.9. The first-order valence-corrected chi connectivity index (χ1v) is 8.53. The second-order valence-corrected chi connectivity index (χ2v) is 6.37. The third kappa shape index (κ3) is 5.08. The number of ether oxygens (including phenoxy) is 1. The topological polar surface area (TPSA) is 38.5 Å². The summed E-state index contributed by atoms with van der Waals surface area (Å²) in [6.45, 7) is 3.86. The summed E-state index contributed by atoms with van der Waals surface area (Å²) in [6, 6.07) is 19.3. The second kappa shape index (κ2) is 8.14. The summed E-state index contributed by atoms with van der Waals surface area (Å²) < 4.78 is 5.84. The normalized spacial score (nSPS) is 18.7. The monoisotopic (exact) mass is 310 g/mol. The molecule has 1 heterocycles. The molecule has 1 aliphatic rings. The molecule has 0 radical (unpaired) electrons. The molecule has 1 fully saturated rings. The van der Waals surface area contributed by atoms with Crippen LogP contribution in [0.25, 0.3) is 0 Å². The molecule has 0 saturated carbocycles. The van der Waals surface area contributed by atoms with Crippen molar-refractivity contribution in [1.82, 2.24) is 4.90 Å². The van der Waals surface area contributed by atoms with E-state index in [9.17, 15) is 0 Å². The minimum atomic E-state index is 0.337. The van der Waals surface area contributed by atoms with Gasteiger partial charge in [0.25, 0.3) is 0 Å². The van der Waals surface area contributed by atoms with Gasteiger partial charge in [-0.25, -0.2) is 0 Å². The first-order valence-electron chi connectivity index (χ1n) is 8.53. The van der Waals surface area contributed by atoms with Crippen LogP contribution in [-0.2, 0) is 13.0 Å². The van der Waals surface area contributed by atoms with Crippen LogP contribution in [0, 0.1) is 0 Å². The van der Waals surface area contributed by atoms with Gasteiger partial charge in [0.15, 0.2) is 0 Å². The van der Waals surface area contributed by atoms with Gasteiger partial charge in [-0.3, -0.25) is 4.90 Å². The van der Waals surface area contributed by atoms with Crippen LogP contribution in [0.1, 0.15) is 24.0 Å². The lowest BCUT2D eigenvalue weighted by molar-refractivity contribution is 0.201. The van der Waals surface area contributed by atoms with Crippen LogP contribution in [0.4, 0.5) is 0 Å². The molecule has 0 bridgehead atoms. The molecule has 0 aromatic heterocycles. The third-order valence-corrected chi connectivity index (χ3v) is 4.37. The minimum absolute atomic E-state index is 0.337. The summed E-state index contributed by atoms with van der Waals surface area (Å²) in [5.41, 5.74) is 8.68. The summed E-state index contributed by atoms with van der Waals surface area (Å²) >= 11 is 0. The lowest BCUT2D eigenvalue weighted by Gasteiger charge is -2.30. The van der Waals surface area contributed by atoms with E-state index in [0.29, 0.717) is 12.6 Å². The summed E-state index contributed by atoms with van der Waals surface area (Å²) in [6.07, 6.45) is 3.31. The van der Waals surface area contributed by atoms with Crippen LogP contribution in [0.3, 0.4) is 0 Å². The average molecular weight is 310 g/mol. The molecule has 23 heavy (non-hydrogen) atoms. The van der Waals surface area contributed by atoms with E-state index in [1.807, 2.05) is 6.07 Å². The van der Waals surface area contributed by atoms with Crippen molar-refractivity contribution in [2.24, 2.45) is 5.73 Å². The van der Waals surface area contributed by atoms with Crippen molar-refractivity contribution in [2.75, 3.05) is 19.7 Å². The van der Waals surface area contributed by atoms with E-state index in [4.69, 9.17) is 10.5 Å². The maximum atomic E-state index is 6.04. The molecule has 3 rings (SSSR count). The molecule has 0 aliphatic carbocycles. The third-order valence-electron chi connectivity index (χ3n) is 4.37. The summed E-state index contributed by atoms with van der Waals surface area (Å²) in [5.74, 6) is 0.944. The predicted octanol–water partition coefficient (Wildman–Crippen LogP) is 3.23. The van der Waals surface area contributed by atoms with Crippen molar-refractivity contribution in [1.29, 1.82) is 0 Å². The predicted molar refractivity (Wildman–Crippen MR) is 94.6 cm³/mol. The van der Waals surface area contributed by atoms with Crippen LogP contribution in [0.15, 0.2) is 54.6 Å². The van der Waals surface area contributed by atoms with E-state index < -0.39 is 0 Å². The molecule has 1 aliphatic heterocycles. The number of nitrogens with two attached hydrogens (primary N) is 1. The standard InChI is InChI=1S/C20H26N2O/c21-19-7-4-13-22(16-19)15-18-8-10-20(11-9-18)23-14-12-17-5-2-1-3-6-17/h1-3,5-6,8-11,19H,4,7,12-16,21H2/t19-/m0/s1. The summed E-state index contributed by atoms with van der Waals surface area (Å²) in [7, 11) is 0. The van der Waals surface area contributed by atoms with E-state index in [-0.39, 0.29) is 0 Å². The van der Waals surface area contributed by atoms with Gasteiger partial charge >= 0.3 is 0 Å². The Labute approximate surface area is 139 Å². The van der Waals surface area contributed by atoms with Crippen molar-refractivity contribution < 1.29 is 4.74 Å². The maximum absolute atomic E-state index is 6.04. The molecular weight excluding hydrogens is 284 g/mol. The van der Waals surface area contributed by atoms with Gasteiger partial charge in [-0.2, -0.15) is 0 Å². The highest BCUT2D eigenvalue weighted by Gasteiger charge is 2.16. The molecule has 122 valence electrons. The Balaban J connectivity index is 1.45. The first-order chi connectivity index (χ1) is 11.3. The molecule has 2 aromatic rings. The summed E-state index contributed by atoms with van der Waals surface area (Å²) in [5, 5.41) is 0. The van der Waals surface area contributed by atoms with Crippen molar-refractivity contribution in [3.63, 3.8) is 0 Å². The lowest BCUT2D eigenvalue weighted by atomic mass is 10.1. The van der Waals surface area contributed by atoms with Crippen LogP contribution in [0.2, 0.25) is 0 Å². The molecular formula is C20H26N2O. The second-order valence-electron chi connectivity index (χ2n) is 6.37. The maximum Gasteiger partial charge on any atom is 0.119 e. The number of likely N-dealkylation sites (tertiary alicyclic amines) is 1. The van der Waals surface area contributed by atoms with Gasteiger partial charge < -0.3 is 10.5 Å². The zero-order valence-electron chi connectivity index (χ0n) is 13.7. The van der Waals surface area contributed by atoms with Crippen molar-refractivity contribution >= 4 is 0 Å². The molecule has 2 N–H and O–H groups in total. The zero-order valence-corrected chi connectivity index (χ0v) is 13.7. The number of rotatable bonds is 6. The van der Waals surface area contributed by atoms with E-state index in [1.165, 1.54) is 17.5 Å². The summed E-state index contributed by atoms with van der Waals surface area (Å²) in [4.78, 5) is 2.44. The fraction of sp³-hybridized carbons (Fsp3) is 0.400. The van der Waals surface area contributed by atoms with Crippen LogP contribution in [-0.4, -0.2) is 30.6 Å². The van der Waals surface area contributed by atoms with Gasteiger partial charge in [0.1, 0.15) is 5.75 Å². The molecule has 1 saturated heterocycles. The van der Waals surface area contributed by atoms with Crippen LogP contribution < -0.4 is 10.5 Å². The molecule has 3 nitrogen and oxygen atoms in total. The molecule has 0 spiro atoms. The van der Waals surface area contributed by atoms with Gasteiger partial charge in [0.05, 0.1) is 6.61 Å². The van der Waals surface area contributed by atoms with Crippen LogP contribution >= 0.6 is 0 Å². The van der Waals surface area contributed by atoms with Gasteiger partial charge in [-0.05, 0) is 42.6 Å². The van der Waals surface area contributed by atoms with E-state index >= 15 is 0 Å². The Morgan fingerprint density at radius 1 is 1.00 bits per heavy atom. The Hall–Kier alpha value is -1.84. The van der Waals surface area contributed by atoms with Crippen molar-refractivity contribution in [3.8, 4) is 5.75 Å². The Morgan fingerprint density at radius 3 is 2.52 bits per heavy atom. The molecule has 0 amide bonds. The van der Waals surface area contributed by atoms with Gasteiger partial charge in [-0.15, -0.1) is 0 Å². The highest BCUT2D eigenvalue weighted by atomic mass is 16.5. The molecule has 3 heteroatoms. The SMILES string of the molecule is N[C@H]1CCCN(Cc2ccc(OCCc3ccccc3)cc2)C1. The highest BCUT2D eigenvalue weighted by molar-refractivity contribution is 5.27. The fourth-order valence-electron chi connectivity index (χ4n) is 3.12. The molecule has 1 atom stereocenters. The quantitative estimate of drug-likeness (QED) is 0.890. The lowest BCUT2D eigenvalue weighted by Crippen LogP contribution is -2.42. The van der Waals surface area contributed by atoms with E-state index in [2.05, 4.69) is 53.4 Å². The van der Waals surface area contributed by atoms with Gasteiger partial charge in [0.2, 0.25) is 0 Å². The fourth-order valence-corrected chi connectivity index (χ4v) is 3.12. The molecule has 2 aromatic carbocycles. The smallest absolute Gasteiger partial charge is 0.119 e. The largest absolute Gasteiger partial charge is 0.493 e. The number of hydrogen-bond acceptors (Lipinski definition) is 3. The Bertz CT molecular complexity index is 582. The number of benzene rings is 2. The van der Waals surface area contributed by atoms with Crippen molar-refractivity contribution in [3.05, 3.63) is 65.7 Å². The Kier molecular flexibility index (Phi) is 5.67. The van der Waals surface area contributed by atoms with Crippen molar-refractivity contribution in [2.45, 2.75) is 31.8 Å². The van der Waals surface area contributed by atoms with E-state index in [1.54, 1.807) is 0 Å². The average Bonchev–Trinajstić information content (AvgIpc) is 2.58. The Morgan fingerprint density at radius 2 is 1.78 bits per heavy atom. The minimum Gasteiger partial charge on any atom is -0.493 e. The first kappa shape index (κ1) is 16.0. The number of nitrogens with zero attached hydrogens (tertiary/aromatic N) is 1. The van der Waals surface area contributed by atoms with Gasteiger partial charge in [-0.1, -0.05) is 42.5 Å². The van der Waals surface area contributed by atoms with Gasteiger partial charge in [0, 0.05) is 25.6 Å². The van der Waals surface area contributed by atoms with Crippen LogP contribution in [0.5, 0.6) is 5.75 Å².